The zero-order chi connectivity index (χ0) is 18.7. The van der Waals surface area contributed by atoms with E-state index in [2.05, 4.69) is 0 Å². The first-order valence-corrected chi connectivity index (χ1v) is 8.26. The molecule has 0 saturated carbocycles. The van der Waals surface area contributed by atoms with E-state index in [-0.39, 0.29) is 17.2 Å². The molecular weight excluding hydrogens is 348 g/mol. The molecule has 1 atom stereocenters. The van der Waals surface area contributed by atoms with E-state index in [1.165, 1.54) is 19.1 Å². The number of esters is 1. The number of hydrogen-bond donors (Lipinski definition) is 0. The van der Waals surface area contributed by atoms with Gasteiger partial charge in [0.15, 0.2) is 0 Å². The summed E-state index contributed by atoms with van der Waals surface area (Å²) < 4.78 is 4.83. The van der Waals surface area contributed by atoms with Crippen LogP contribution in [-0.4, -0.2) is 39.6 Å². The van der Waals surface area contributed by atoms with Crippen molar-refractivity contribution < 1.29 is 24.0 Å². The summed E-state index contributed by atoms with van der Waals surface area (Å²) in [5.74, 6) is -1.30. The lowest BCUT2D eigenvalue weighted by atomic mass is 10.1. The number of aryl methyl sites for hydroxylation is 1. The minimum Gasteiger partial charge on any atom is -0.464 e. The van der Waals surface area contributed by atoms with E-state index in [4.69, 9.17) is 4.74 Å². The van der Waals surface area contributed by atoms with Crippen LogP contribution < -0.4 is 0 Å². The van der Waals surface area contributed by atoms with Gasteiger partial charge in [0.2, 0.25) is 0 Å². The summed E-state index contributed by atoms with van der Waals surface area (Å²) in [6.07, 6.45) is 1.40. The molecule has 0 radical (unpaired) electrons. The van der Waals surface area contributed by atoms with Crippen molar-refractivity contribution in [1.29, 1.82) is 0 Å². The second kappa shape index (κ2) is 7.47. The Morgan fingerprint density at radius 1 is 1.44 bits per heavy atom. The van der Waals surface area contributed by atoms with Crippen LogP contribution in [0.3, 0.4) is 0 Å². The molecule has 0 aromatic heterocycles. The van der Waals surface area contributed by atoms with Crippen LogP contribution in [0.2, 0.25) is 0 Å². The van der Waals surface area contributed by atoms with Gasteiger partial charge in [-0.2, -0.15) is 0 Å². The highest BCUT2D eigenvalue weighted by Crippen LogP contribution is 2.34. The average molecular weight is 364 g/mol. The van der Waals surface area contributed by atoms with Crippen LogP contribution in [0.15, 0.2) is 23.1 Å². The molecule has 0 unspecified atom stereocenters. The molecule has 1 aromatic rings. The fourth-order valence-electron chi connectivity index (χ4n) is 2.25. The molecule has 25 heavy (non-hydrogen) atoms. The standard InChI is InChI=1S/C16H16N2O6S/c1-4-24-15(20)10(3)17-14(19)13(25-16(17)21)8-11-6-5-9(2)12(7-11)18(22)23/h5-8,10H,4H2,1-3H3/b13-8+/t10-/m0/s1. The minimum absolute atomic E-state index is 0.0760. The third kappa shape index (κ3) is 3.87. The summed E-state index contributed by atoms with van der Waals surface area (Å²) >= 11 is 0.680. The maximum atomic E-state index is 12.4. The molecule has 2 rings (SSSR count). The van der Waals surface area contributed by atoms with E-state index in [1.54, 1.807) is 26.0 Å². The third-order valence-corrected chi connectivity index (χ3v) is 4.45. The largest absolute Gasteiger partial charge is 0.464 e. The van der Waals surface area contributed by atoms with E-state index in [0.29, 0.717) is 22.9 Å². The van der Waals surface area contributed by atoms with Crippen LogP contribution in [0.5, 0.6) is 0 Å². The predicted molar refractivity (Wildman–Crippen MR) is 91.7 cm³/mol. The normalized spacial score (nSPS) is 17.1. The predicted octanol–water partition coefficient (Wildman–Crippen LogP) is 2.89. The van der Waals surface area contributed by atoms with Gasteiger partial charge in [0, 0.05) is 11.6 Å². The van der Waals surface area contributed by atoms with Gasteiger partial charge in [-0.25, -0.2) is 4.79 Å². The molecule has 1 fully saturated rings. The molecule has 0 bridgehead atoms. The van der Waals surface area contributed by atoms with Gasteiger partial charge in [0.1, 0.15) is 6.04 Å². The van der Waals surface area contributed by atoms with Gasteiger partial charge in [-0.15, -0.1) is 0 Å². The number of rotatable bonds is 5. The summed E-state index contributed by atoms with van der Waals surface area (Å²) in [5.41, 5.74) is 0.839. The number of nitro groups is 1. The van der Waals surface area contributed by atoms with E-state index in [9.17, 15) is 24.5 Å². The van der Waals surface area contributed by atoms with E-state index >= 15 is 0 Å². The maximum absolute atomic E-state index is 12.4. The molecule has 9 heteroatoms. The van der Waals surface area contributed by atoms with Crippen LogP contribution in [0.4, 0.5) is 10.5 Å². The number of ether oxygens (including phenoxy) is 1. The van der Waals surface area contributed by atoms with Crippen LogP contribution in [0, 0.1) is 17.0 Å². The quantitative estimate of drug-likeness (QED) is 0.342. The summed E-state index contributed by atoms with van der Waals surface area (Å²) in [6.45, 7) is 4.79. The Labute approximate surface area is 148 Å². The van der Waals surface area contributed by atoms with Crippen molar-refractivity contribution in [3.8, 4) is 0 Å². The molecule has 1 aliphatic heterocycles. The lowest BCUT2D eigenvalue weighted by Gasteiger charge is -2.19. The highest BCUT2D eigenvalue weighted by atomic mass is 32.2. The van der Waals surface area contributed by atoms with Crippen LogP contribution in [0.1, 0.15) is 25.0 Å². The molecule has 1 saturated heterocycles. The Balaban J connectivity index is 2.30. The number of amides is 2. The van der Waals surface area contributed by atoms with Crippen molar-refractivity contribution in [1.82, 2.24) is 4.90 Å². The molecule has 0 aliphatic carbocycles. The molecule has 1 aromatic carbocycles. The van der Waals surface area contributed by atoms with Gasteiger partial charge in [-0.1, -0.05) is 12.1 Å². The number of hydrogen-bond acceptors (Lipinski definition) is 7. The summed E-state index contributed by atoms with van der Waals surface area (Å²) in [4.78, 5) is 47.7. The number of imide groups is 1. The van der Waals surface area contributed by atoms with Crippen LogP contribution >= 0.6 is 11.8 Å². The molecule has 1 heterocycles. The fourth-order valence-corrected chi connectivity index (χ4v) is 3.15. The average Bonchev–Trinajstić information content (AvgIpc) is 2.82. The molecule has 2 amide bonds. The van der Waals surface area contributed by atoms with Crippen molar-refractivity contribution in [3.63, 3.8) is 0 Å². The highest BCUT2D eigenvalue weighted by Gasteiger charge is 2.41. The Hall–Kier alpha value is -2.68. The molecule has 1 aliphatic rings. The number of benzene rings is 1. The van der Waals surface area contributed by atoms with Crippen molar-refractivity contribution in [2.75, 3.05) is 6.61 Å². The fraction of sp³-hybridized carbons (Fsp3) is 0.312. The van der Waals surface area contributed by atoms with Gasteiger partial charge < -0.3 is 4.74 Å². The topological polar surface area (TPSA) is 107 Å². The van der Waals surface area contributed by atoms with Gasteiger partial charge in [-0.3, -0.25) is 24.6 Å². The lowest BCUT2D eigenvalue weighted by molar-refractivity contribution is -0.385. The summed E-state index contributed by atoms with van der Waals surface area (Å²) in [5, 5.41) is 10.4. The zero-order valence-corrected chi connectivity index (χ0v) is 14.7. The second-order valence-electron chi connectivity index (χ2n) is 5.28. The summed E-state index contributed by atoms with van der Waals surface area (Å²) in [7, 11) is 0. The second-order valence-corrected chi connectivity index (χ2v) is 6.28. The minimum atomic E-state index is -1.04. The van der Waals surface area contributed by atoms with Crippen molar-refractivity contribution >= 4 is 40.6 Å². The van der Waals surface area contributed by atoms with E-state index in [0.717, 1.165) is 4.90 Å². The number of carbonyl (C=O) groups excluding carboxylic acids is 3. The first kappa shape index (κ1) is 18.7. The molecule has 132 valence electrons. The highest BCUT2D eigenvalue weighted by molar-refractivity contribution is 8.18. The molecule has 0 N–H and O–H groups in total. The number of nitrogens with zero attached hydrogens (tertiary/aromatic N) is 2. The van der Waals surface area contributed by atoms with Gasteiger partial charge in [0.05, 0.1) is 16.4 Å². The van der Waals surface area contributed by atoms with Crippen LogP contribution in [-0.2, 0) is 14.3 Å². The van der Waals surface area contributed by atoms with Crippen molar-refractivity contribution in [3.05, 3.63) is 44.3 Å². The zero-order valence-electron chi connectivity index (χ0n) is 13.8. The van der Waals surface area contributed by atoms with Crippen molar-refractivity contribution in [2.45, 2.75) is 26.8 Å². The Morgan fingerprint density at radius 2 is 2.12 bits per heavy atom. The monoisotopic (exact) mass is 364 g/mol. The number of nitro benzene ring substituents is 1. The van der Waals surface area contributed by atoms with E-state index in [1.807, 2.05) is 0 Å². The molecule has 8 nitrogen and oxygen atoms in total. The third-order valence-electron chi connectivity index (χ3n) is 3.57. The lowest BCUT2D eigenvalue weighted by Crippen LogP contribution is -2.42. The van der Waals surface area contributed by atoms with E-state index < -0.39 is 28.1 Å². The molecule has 0 spiro atoms. The van der Waals surface area contributed by atoms with Crippen molar-refractivity contribution in [2.24, 2.45) is 0 Å². The van der Waals surface area contributed by atoms with Gasteiger partial charge >= 0.3 is 5.97 Å². The Bertz CT molecular complexity index is 789. The Morgan fingerprint density at radius 3 is 2.72 bits per heavy atom. The number of carbonyl (C=O) groups is 3. The maximum Gasteiger partial charge on any atom is 0.329 e. The van der Waals surface area contributed by atoms with Gasteiger partial charge in [0.25, 0.3) is 16.8 Å². The SMILES string of the molecule is CCOC(=O)[C@H](C)N1C(=O)S/C(=C/c2ccc(C)c([N+](=O)[O-])c2)C1=O. The number of thioether (sulfide) groups is 1. The summed E-state index contributed by atoms with van der Waals surface area (Å²) in [6, 6.07) is 3.48. The van der Waals surface area contributed by atoms with Gasteiger partial charge in [-0.05, 0) is 44.2 Å². The first-order chi connectivity index (χ1) is 11.8. The molecular formula is C16H16N2O6S. The van der Waals surface area contributed by atoms with Crippen LogP contribution in [0.25, 0.3) is 6.08 Å². The Kier molecular flexibility index (Phi) is 5.58. The first-order valence-electron chi connectivity index (χ1n) is 7.45. The smallest absolute Gasteiger partial charge is 0.329 e.